The molecule has 2 heteroatoms. The van der Waals surface area contributed by atoms with Crippen LogP contribution in [-0.2, 0) is 6.54 Å². The zero-order valence-corrected chi connectivity index (χ0v) is 11.9. The van der Waals surface area contributed by atoms with Crippen molar-refractivity contribution in [2.45, 2.75) is 20.4 Å². The zero-order chi connectivity index (χ0) is 13.9. The normalized spacial score (nSPS) is 10.7. The molecular formula is C18H18N2. The average Bonchev–Trinajstić information content (AvgIpc) is 2.81. The highest BCUT2D eigenvalue weighted by atomic mass is 15.3. The molecule has 1 heterocycles. The average molecular weight is 262 g/mol. The first-order valence-corrected chi connectivity index (χ1v) is 6.88. The Bertz CT molecular complexity index is 711. The van der Waals surface area contributed by atoms with Gasteiger partial charge in [-0.2, -0.15) is 5.10 Å². The van der Waals surface area contributed by atoms with Crippen LogP contribution in [0.4, 0.5) is 0 Å². The second kappa shape index (κ2) is 5.33. The van der Waals surface area contributed by atoms with Crippen LogP contribution in [0.25, 0.3) is 11.1 Å². The van der Waals surface area contributed by atoms with Gasteiger partial charge in [-0.1, -0.05) is 54.6 Å². The maximum absolute atomic E-state index is 4.64. The first-order chi connectivity index (χ1) is 9.74. The summed E-state index contributed by atoms with van der Waals surface area (Å²) in [6.45, 7) is 5.03. The van der Waals surface area contributed by atoms with Gasteiger partial charge < -0.3 is 0 Å². The molecule has 0 aliphatic carbocycles. The zero-order valence-electron chi connectivity index (χ0n) is 11.9. The van der Waals surface area contributed by atoms with E-state index in [-0.39, 0.29) is 0 Å². The second-order valence-corrected chi connectivity index (χ2v) is 5.13. The molecule has 0 amide bonds. The molecule has 3 rings (SSSR count). The Hall–Kier alpha value is -2.35. The number of hydrogen-bond acceptors (Lipinski definition) is 1. The minimum absolute atomic E-state index is 0.813. The molecule has 0 bridgehead atoms. The standard InChI is InChI=1S/C18H18N2/c1-14-8-6-7-11-17(14)18-13-20(19-15(18)2)12-16-9-4-3-5-10-16/h3-11,13H,12H2,1-2H3. The summed E-state index contributed by atoms with van der Waals surface area (Å²) in [7, 11) is 0. The molecule has 0 aliphatic heterocycles. The predicted octanol–water partition coefficient (Wildman–Crippen LogP) is 4.22. The first kappa shape index (κ1) is 12.7. The molecule has 0 saturated carbocycles. The molecule has 0 fully saturated rings. The summed E-state index contributed by atoms with van der Waals surface area (Å²) >= 11 is 0. The molecule has 0 N–H and O–H groups in total. The van der Waals surface area contributed by atoms with E-state index < -0.39 is 0 Å². The highest BCUT2D eigenvalue weighted by Gasteiger charge is 2.09. The van der Waals surface area contributed by atoms with E-state index in [2.05, 4.69) is 73.7 Å². The maximum atomic E-state index is 4.64. The predicted molar refractivity (Wildman–Crippen MR) is 82.7 cm³/mol. The quantitative estimate of drug-likeness (QED) is 0.691. The van der Waals surface area contributed by atoms with Gasteiger partial charge in [-0.3, -0.25) is 4.68 Å². The van der Waals surface area contributed by atoms with E-state index in [1.165, 1.54) is 22.3 Å². The fourth-order valence-corrected chi connectivity index (χ4v) is 2.51. The van der Waals surface area contributed by atoms with Crippen LogP contribution >= 0.6 is 0 Å². The highest BCUT2D eigenvalue weighted by Crippen LogP contribution is 2.25. The summed E-state index contributed by atoms with van der Waals surface area (Å²) in [5.74, 6) is 0. The molecule has 0 aliphatic rings. The van der Waals surface area contributed by atoms with Crippen LogP contribution in [0.5, 0.6) is 0 Å². The smallest absolute Gasteiger partial charge is 0.0672 e. The highest BCUT2D eigenvalue weighted by molar-refractivity contribution is 5.68. The molecule has 20 heavy (non-hydrogen) atoms. The lowest BCUT2D eigenvalue weighted by Crippen LogP contribution is -1.99. The van der Waals surface area contributed by atoms with Crippen molar-refractivity contribution < 1.29 is 0 Å². The van der Waals surface area contributed by atoms with Gasteiger partial charge in [-0.05, 0) is 30.5 Å². The van der Waals surface area contributed by atoms with Crippen molar-refractivity contribution >= 4 is 0 Å². The van der Waals surface area contributed by atoms with Gasteiger partial charge in [-0.25, -0.2) is 0 Å². The number of nitrogens with zero attached hydrogens (tertiary/aromatic N) is 2. The van der Waals surface area contributed by atoms with Gasteiger partial charge >= 0.3 is 0 Å². The number of aromatic nitrogens is 2. The molecule has 0 unspecified atom stereocenters. The summed E-state index contributed by atoms with van der Waals surface area (Å²) in [6.07, 6.45) is 2.14. The lowest BCUT2D eigenvalue weighted by atomic mass is 10.0. The second-order valence-electron chi connectivity index (χ2n) is 5.13. The summed E-state index contributed by atoms with van der Waals surface area (Å²) in [5, 5.41) is 4.64. The number of hydrogen-bond donors (Lipinski definition) is 0. The van der Waals surface area contributed by atoms with Crippen molar-refractivity contribution in [3.8, 4) is 11.1 Å². The van der Waals surface area contributed by atoms with Gasteiger partial charge in [0.1, 0.15) is 0 Å². The van der Waals surface area contributed by atoms with E-state index in [1.807, 2.05) is 10.7 Å². The van der Waals surface area contributed by atoms with Crippen LogP contribution < -0.4 is 0 Å². The van der Waals surface area contributed by atoms with E-state index in [9.17, 15) is 0 Å². The number of benzene rings is 2. The van der Waals surface area contributed by atoms with Crippen LogP contribution in [-0.4, -0.2) is 9.78 Å². The molecule has 100 valence electrons. The van der Waals surface area contributed by atoms with Gasteiger partial charge in [0, 0.05) is 11.8 Å². The Balaban J connectivity index is 1.94. The van der Waals surface area contributed by atoms with E-state index in [0.29, 0.717) is 0 Å². The first-order valence-electron chi connectivity index (χ1n) is 6.88. The van der Waals surface area contributed by atoms with Crippen molar-refractivity contribution in [1.82, 2.24) is 9.78 Å². The largest absolute Gasteiger partial charge is 0.267 e. The van der Waals surface area contributed by atoms with Crippen LogP contribution in [0.1, 0.15) is 16.8 Å². The Morgan fingerprint density at radius 1 is 0.850 bits per heavy atom. The van der Waals surface area contributed by atoms with Crippen molar-refractivity contribution in [2.75, 3.05) is 0 Å². The van der Waals surface area contributed by atoms with Crippen LogP contribution in [0.3, 0.4) is 0 Å². The summed E-state index contributed by atoms with van der Waals surface area (Å²) in [5.41, 5.74) is 6.12. The van der Waals surface area contributed by atoms with Gasteiger partial charge in [0.05, 0.1) is 12.2 Å². The van der Waals surface area contributed by atoms with Crippen LogP contribution in [0, 0.1) is 13.8 Å². The minimum atomic E-state index is 0.813. The Morgan fingerprint density at radius 2 is 1.55 bits per heavy atom. The van der Waals surface area contributed by atoms with E-state index in [4.69, 9.17) is 0 Å². The van der Waals surface area contributed by atoms with Gasteiger partial charge in [-0.15, -0.1) is 0 Å². The molecule has 0 saturated heterocycles. The molecule has 0 radical (unpaired) electrons. The molecule has 0 atom stereocenters. The Morgan fingerprint density at radius 3 is 2.30 bits per heavy atom. The maximum Gasteiger partial charge on any atom is 0.0672 e. The monoisotopic (exact) mass is 262 g/mol. The SMILES string of the molecule is Cc1ccccc1-c1cn(Cc2ccccc2)nc1C. The molecule has 2 nitrogen and oxygen atoms in total. The molecule has 0 spiro atoms. The van der Waals surface area contributed by atoms with Gasteiger partial charge in [0.25, 0.3) is 0 Å². The third-order valence-electron chi connectivity index (χ3n) is 3.57. The fraction of sp³-hybridized carbons (Fsp3) is 0.167. The summed E-state index contributed by atoms with van der Waals surface area (Å²) < 4.78 is 2.02. The topological polar surface area (TPSA) is 17.8 Å². The van der Waals surface area contributed by atoms with E-state index in [0.717, 1.165) is 12.2 Å². The van der Waals surface area contributed by atoms with Crippen molar-refractivity contribution in [3.05, 3.63) is 77.6 Å². The van der Waals surface area contributed by atoms with Gasteiger partial charge in [0.2, 0.25) is 0 Å². The molecule has 3 aromatic rings. The summed E-state index contributed by atoms with van der Waals surface area (Å²) in [4.78, 5) is 0. The fourth-order valence-electron chi connectivity index (χ4n) is 2.51. The Kier molecular flexibility index (Phi) is 3.38. The lowest BCUT2D eigenvalue weighted by Gasteiger charge is -2.03. The lowest BCUT2D eigenvalue weighted by molar-refractivity contribution is 0.679. The summed E-state index contributed by atoms with van der Waals surface area (Å²) in [6, 6.07) is 18.9. The van der Waals surface area contributed by atoms with Crippen molar-refractivity contribution in [1.29, 1.82) is 0 Å². The van der Waals surface area contributed by atoms with Crippen LogP contribution in [0.15, 0.2) is 60.8 Å². The molecule has 1 aromatic heterocycles. The third-order valence-corrected chi connectivity index (χ3v) is 3.57. The van der Waals surface area contributed by atoms with Crippen molar-refractivity contribution in [3.63, 3.8) is 0 Å². The van der Waals surface area contributed by atoms with Crippen LogP contribution in [0.2, 0.25) is 0 Å². The van der Waals surface area contributed by atoms with Gasteiger partial charge in [0.15, 0.2) is 0 Å². The van der Waals surface area contributed by atoms with E-state index >= 15 is 0 Å². The third kappa shape index (κ3) is 2.50. The molecule has 2 aromatic carbocycles. The number of aryl methyl sites for hydroxylation is 2. The minimum Gasteiger partial charge on any atom is -0.267 e. The van der Waals surface area contributed by atoms with Crippen molar-refractivity contribution in [2.24, 2.45) is 0 Å². The number of rotatable bonds is 3. The molecular weight excluding hydrogens is 244 g/mol. The Labute approximate surface area is 119 Å². The van der Waals surface area contributed by atoms with E-state index in [1.54, 1.807) is 0 Å².